The van der Waals surface area contributed by atoms with Crippen LogP contribution in [-0.4, -0.2) is 0 Å². The van der Waals surface area contributed by atoms with Gasteiger partial charge in [-0.3, -0.25) is 0 Å². The molecule has 0 aliphatic rings. The highest BCUT2D eigenvalue weighted by Crippen LogP contribution is 2.40. The molecule has 0 fully saturated rings. The van der Waals surface area contributed by atoms with Crippen molar-refractivity contribution in [2.45, 2.75) is 12.3 Å². The lowest BCUT2D eigenvalue weighted by molar-refractivity contribution is 1.16. The van der Waals surface area contributed by atoms with Crippen molar-refractivity contribution in [1.29, 1.82) is 0 Å². The van der Waals surface area contributed by atoms with Crippen LogP contribution >= 0.6 is 50.5 Å². The lowest BCUT2D eigenvalue weighted by Gasteiger charge is -2.11. The largest absolute Gasteiger partial charge is 0.145 e. The molecular weight excluding hydrogens is 327 g/mol. The Kier molecular flexibility index (Phi) is 3.96. The molecule has 0 N–H and O–H groups in total. The summed E-state index contributed by atoms with van der Waals surface area (Å²) < 4.78 is 1.02. The standard InChI is InChI=1S/C12H9BrCl2S/c1-7-2-3-9(13)8(6-7)11(15)12-10(14)4-5-16-12/h2-6,11H,1H3. The molecule has 0 radical (unpaired) electrons. The minimum atomic E-state index is -0.193. The molecule has 2 rings (SSSR count). The first-order chi connectivity index (χ1) is 7.59. The molecule has 1 unspecified atom stereocenters. The fraction of sp³-hybridized carbons (Fsp3) is 0.167. The van der Waals surface area contributed by atoms with Gasteiger partial charge in [-0.05, 0) is 30.0 Å². The van der Waals surface area contributed by atoms with E-state index in [1.807, 2.05) is 23.6 Å². The Hall–Kier alpha value is -0.0200. The molecule has 1 atom stereocenters. The van der Waals surface area contributed by atoms with E-state index >= 15 is 0 Å². The molecule has 4 heteroatoms. The van der Waals surface area contributed by atoms with Gasteiger partial charge in [-0.1, -0.05) is 45.2 Å². The number of benzene rings is 1. The van der Waals surface area contributed by atoms with Gasteiger partial charge in [-0.25, -0.2) is 0 Å². The quantitative estimate of drug-likeness (QED) is 0.608. The highest BCUT2D eigenvalue weighted by molar-refractivity contribution is 9.10. The molecule has 84 valence electrons. The maximum atomic E-state index is 6.45. The van der Waals surface area contributed by atoms with Gasteiger partial charge < -0.3 is 0 Å². The topological polar surface area (TPSA) is 0 Å². The third kappa shape index (κ3) is 2.45. The molecule has 0 aliphatic carbocycles. The van der Waals surface area contributed by atoms with Crippen molar-refractivity contribution in [3.05, 3.63) is 55.1 Å². The van der Waals surface area contributed by atoms with Crippen molar-refractivity contribution >= 4 is 50.5 Å². The number of hydrogen-bond acceptors (Lipinski definition) is 1. The molecular formula is C12H9BrCl2S. The maximum absolute atomic E-state index is 6.45. The predicted octanol–water partition coefficient (Wildman–Crippen LogP) is 5.80. The average Bonchev–Trinajstić information content (AvgIpc) is 2.67. The van der Waals surface area contributed by atoms with Gasteiger partial charge in [0.2, 0.25) is 0 Å². The van der Waals surface area contributed by atoms with E-state index in [0.717, 1.165) is 19.9 Å². The molecule has 0 aliphatic heterocycles. The molecule has 0 saturated carbocycles. The summed E-state index contributed by atoms with van der Waals surface area (Å²) in [7, 11) is 0. The summed E-state index contributed by atoms with van der Waals surface area (Å²) in [5.74, 6) is 0. The number of alkyl halides is 1. The fourth-order valence-electron chi connectivity index (χ4n) is 1.48. The zero-order chi connectivity index (χ0) is 11.7. The van der Waals surface area contributed by atoms with Crippen molar-refractivity contribution in [3.63, 3.8) is 0 Å². The van der Waals surface area contributed by atoms with Crippen molar-refractivity contribution in [1.82, 2.24) is 0 Å². The molecule has 0 spiro atoms. The lowest BCUT2D eigenvalue weighted by Crippen LogP contribution is -1.93. The summed E-state index contributed by atoms with van der Waals surface area (Å²) in [6.45, 7) is 2.05. The van der Waals surface area contributed by atoms with Crippen molar-refractivity contribution < 1.29 is 0 Å². The highest BCUT2D eigenvalue weighted by Gasteiger charge is 2.18. The Labute approximate surface area is 117 Å². The minimum Gasteiger partial charge on any atom is -0.145 e. The average molecular weight is 336 g/mol. The zero-order valence-electron chi connectivity index (χ0n) is 8.51. The van der Waals surface area contributed by atoms with E-state index in [2.05, 4.69) is 28.9 Å². The second-order valence-corrected chi connectivity index (χ2v) is 6.17. The van der Waals surface area contributed by atoms with E-state index in [4.69, 9.17) is 23.2 Å². The SMILES string of the molecule is Cc1ccc(Br)c(C(Cl)c2sccc2Cl)c1. The second-order valence-electron chi connectivity index (χ2n) is 3.52. The monoisotopic (exact) mass is 334 g/mol. The number of hydrogen-bond donors (Lipinski definition) is 0. The Bertz CT molecular complexity index is 507. The van der Waals surface area contributed by atoms with Gasteiger partial charge in [0.05, 0.1) is 10.4 Å². The first kappa shape index (κ1) is 12.4. The van der Waals surface area contributed by atoms with Crippen LogP contribution in [0.2, 0.25) is 5.02 Å². The maximum Gasteiger partial charge on any atom is 0.0953 e. The van der Waals surface area contributed by atoms with E-state index in [1.165, 1.54) is 5.56 Å². The summed E-state index contributed by atoms with van der Waals surface area (Å²) in [4.78, 5) is 0.995. The van der Waals surface area contributed by atoms with E-state index in [-0.39, 0.29) is 5.38 Å². The van der Waals surface area contributed by atoms with Crippen LogP contribution in [0.1, 0.15) is 21.4 Å². The third-order valence-electron chi connectivity index (χ3n) is 2.30. The second kappa shape index (κ2) is 5.09. The summed E-state index contributed by atoms with van der Waals surface area (Å²) in [5, 5.41) is 2.50. The molecule has 0 saturated heterocycles. The zero-order valence-corrected chi connectivity index (χ0v) is 12.4. The number of thiophene rings is 1. The number of rotatable bonds is 2. The Morgan fingerprint density at radius 2 is 2.06 bits per heavy atom. The van der Waals surface area contributed by atoms with Crippen molar-refractivity contribution in [3.8, 4) is 0 Å². The van der Waals surface area contributed by atoms with Crippen LogP contribution in [0.15, 0.2) is 34.1 Å². The first-order valence-electron chi connectivity index (χ1n) is 4.72. The molecule has 0 bridgehead atoms. The van der Waals surface area contributed by atoms with Crippen LogP contribution in [0.3, 0.4) is 0 Å². The van der Waals surface area contributed by atoms with Crippen LogP contribution < -0.4 is 0 Å². The van der Waals surface area contributed by atoms with Crippen molar-refractivity contribution in [2.75, 3.05) is 0 Å². The molecule has 2 aromatic rings. The van der Waals surface area contributed by atoms with Crippen LogP contribution in [0.4, 0.5) is 0 Å². The Morgan fingerprint density at radius 3 is 2.69 bits per heavy atom. The van der Waals surface area contributed by atoms with Crippen molar-refractivity contribution in [2.24, 2.45) is 0 Å². The van der Waals surface area contributed by atoms with Gasteiger partial charge >= 0.3 is 0 Å². The molecule has 0 amide bonds. The van der Waals surface area contributed by atoms with Gasteiger partial charge in [0.1, 0.15) is 0 Å². The smallest absolute Gasteiger partial charge is 0.0953 e. The van der Waals surface area contributed by atoms with E-state index in [0.29, 0.717) is 0 Å². The van der Waals surface area contributed by atoms with Gasteiger partial charge in [0.25, 0.3) is 0 Å². The van der Waals surface area contributed by atoms with E-state index in [1.54, 1.807) is 11.3 Å². The summed E-state index contributed by atoms with van der Waals surface area (Å²) in [6.07, 6.45) is 0. The molecule has 0 nitrogen and oxygen atoms in total. The van der Waals surface area contributed by atoms with E-state index < -0.39 is 0 Å². The van der Waals surface area contributed by atoms with Crippen LogP contribution in [-0.2, 0) is 0 Å². The highest BCUT2D eigenvalue weighted by atomic mass is 79.9. The van der Waals surface area contributed by atoms with Crippen LogP contribution in [0, 0.1) is 6.92 Å². The molecule has 1 aromatic heterocycles. The summed E-state index contributed by atoms with van der Waals surface area (Å²) in [6, 6.07) is 8.02. The van der Waals surface area contributed by atoms with Gasteiger partial charge in [0, 0.05) is 9.35 Å². The van der Waals surface area contributed by atoms with Gasteiger partial charge in [-0.2, -0.15) is 0 Å². The normalized spacial score (nSPS) is 12.8. The molecule has 1 heterocycles. The minimum absolute atomic E-state index is 0.193. The fourth-order valence-corrected chi connectivity index (χ4v) is 3.76. The Morgan fingerprint density at radius 1 is 1.31 bits per heavy atom. The summed E-state index contributed by atoms with van der Waals surface area (Å²) in [5.41, 5.74) is 2.25. The predicted molar refractivity (Wildman–Crippen MR) is 75.9 cm³/mol. The third-order valence-corrected chi connectivity index (χ3v) is 5.03. The number of aryl methyl sites for hydroxylation is 1. The van der Waals surface area contributed by atoms with Gasteiger partial charge in [-0.15, -0.1) is 22.9 Å². The number of halogens is 3. The van der Waals surface area contributed by atoms with Crippen LogP contribution in [0.25, 0.3) is 0 Å². The van der Waals surface area contributed by atoms with Crippen LogP contribution in [0.5, 0.6) is 0 Å². The summed E-state index contributed by atoms with van der Waals surface area (Å²) >= 11 is 17.6. The first-order valence-corrected chi connectivity index (χ1v) is 7.21. The molecule has 1 aromatic carbocycles. The lowest BCUT2D eigenvalue weighted by atomic mass is 10.1. The Balaban J connectivity index is 2.45. The van der Waals surface area contributed by atoms with Gasteiger partial charge in [0.15, 0.2) is 0 Å². The molecule has 16 heavy (non-hydrogen) atoms. The van der Waals surface area contributed by atoms with E-state index in [9.17, 15) is 0 Å².